The van der Waals surface area contributed by atoms with Crippen LogP contribution >= 0.6 is 0 Å². The van der Waals surface area contributed by atoms with Crippen molar-refractivity contribution >= 4 is 12.0 Å². The summed E-state index contributed by atoms with van der Waals surface area (Å²) >= 11 is 0. The van der Waals surface area contributed by atoms with Crippen LogP contribution in [-0.2, 0) is 19.5 Å². The molecule has 2 aliphatic rings. The molecule has 0 aromatic heterocycles. The molecule has 3 aromatic rings. The zero-order valence-electron chi connectivity index (χ0n) is 24.0. The van der Waals surface area contributed by atoms with Gasteiger partial charge in [0.05, 0.1) is 7.11 Å². The Morgan fingerprint density at radius 3 is 2.33 bits per heavy atom. The van der Waals surface area contributed by atoms with Gasteiger partial charge < -0.3 is 19.3 Å². The molecule has 0 radical (unpaired) electrons. The smallest absolute Gasteiger partial charge is 0.415 e. The van der Waals surface area contributed by atoms with E-state index < -0.39 is 0 Å². The van der Waals surface area contributed by atoms with Crippen molar-refractivity contribution < 1.29 is 19.1 Å². The summed E-state index contributed by atoms with van der Waals surface area (Å²) in [5, 5.41) is 0. The predicted molar refractivity (Wildman–Crippen MR) is 156 cm³/mol. The first-order chi connectivity index (χ1) is 19.2. The molecule has 0 N–H and O–H groups in total. The second-order valence-corrected chi connectivity index (χ2v) is 11.4. The Bertz CT molecular complexity index is 1360. The van der Waals surface area contributed by atoms with E-state index in [1.807, 2.05) is 35.2 Å². The summed E-state index contributed by atoms with van der Waals surface area (Å²) < 4.78 is 11.0. The number of piperazine rings is 1. The van der Waals surface area contributed by atoms with E-state index in [1.54, 1.807) is 24.1 Å². The Balaban J connectivity index is 1.19. The molecule has 2 aliphatic heterocycles. The van der Waals surface area contributed by atoms with E-state index in [9.17, 15) is 9.59 Å². The fourth-order valence-corrected chi connectivity index (χ4v) is 5.59. The van der Waals surface area contributed by atoms with E-state index in [4.69, 9.17) is 9.47 Å². The minimum Gasteiger partial charge on any atom is -0.496 e. The topological polar surface area (TPSA) is 62.3 Å². The summed E-state index contributed by atoms with van der Waals surface area (Å²) in [6.07, 6.45) is 1.58. The average molecular weight is 542 g/mol. The number of para-hydroxylation sites is 1. The number of carbonyl (C=O) groups excluding carboxylic acids is 2. The Morgan fingerprint density at radius 1 is 0.875 bits per heavy atom. The second-order valence-electron chi connectivity index (χ2n) is 11.4. The molecule has 1 saturated heterocycles. The van der Waals surface area contributed by atoms with Crippen LogP contribution in [0.2, 0.25) is 0 Å². The van der Waals surface area contributed by atoms with E-state index in [1.165, 1.54) is 11.1 Å². The van der Waals surface area contributed by atoms with Crippen LogP contribution in [0.4, 0.5) is 4.79 Å². The highest BCUT2D eigenvalue weighted by Crippen LogP contribution is 2.34. The van der Waals surface area contributed by atoms with Crippen molar-refractivity contribution in [2.24, 2.45) is 0 Å². The summed E-state index contributed by atoms with van der Waals surface area (Å²) in [7, 11) is 1.72. The van der Waals surface area contributed by atoms with Gasteiger partial charge in [-0.2, -0.15) is 0 Å². The molecule has 0 atom stereocenters. The summed E-state index contributed by atoms with van der Waals surface area (Å²) in [6.45, 7) is 10.1. The van der Waals surface area contributed by atoms with Crippen LogP contribution in [0.1, 0.15) is 52.9 Å². The largest absolute Gasteiger partial charge is 0.496 e. The number of benzene rings is 3. The van der Waals surface area contributed by atoms with Gasteiger partial charge in [-0.25, -0.2) is 4.79 Å². The standard InChI is InChI=1S/C33H39N3O4/c1-24-13-14-25(21-30(24)39-4)15-16-33(2,3)36-22-26-9-8-12-28(29(26)23-36)31(37)34-17-19-35(20-18-34)32(38)40-27-10-6-5-7-11-27/h5-14,21H,15-20,22-23H2,1-4H3. The highest BCUT2D eigenvalue weighted by atomic mass is 16.6. The lowest BCUT2D eigenvalue weighted by atomic mass is 9.93. The molecule has 0 aliphatic carbocycles. The maximum absolute atomic E-state index is 13.6. The highest BCUT2D eigenvalue weighted by Gasteiger charge is 2.35. The third-order valence-electron chi connectivity index (χ3n) is 8.34. The third-order valence-corrected chi connectivity index (χ3v) is 8.34. The van der Waals surface area contributed by atoms with E-state index in [0.717, 1.165) is 48.4 Å². The molecule has 2 heterocycles. The molecule has 5 rings (SSSR count). The molecule has 1 fully saturated rings. The number of fused-ring (bicyclic) bond motifs is 1. The number of rotatable bonds is 7. The number of carbonyl (C=O) groups is 2. The van der Waals surface area contributed by atoms with Crippen molar-refractivity contribution in [1.82, 2.24) is 14.7 Å². The maximum Gasteiger partial charge on any atom is 0.415 e. The number of aryl methyl sites for hydroxylation is 2. The number of hydrogen-bond donors (Lipinski definition) is 0. The minimum atomic E-state index is -0.374. The Hall–Kier alpha value is -3.84. The number of nitrogens with zero attached hydrogens (tertiary/aromatic N) is 3. The van der Waals surface area contributed by atoms with Gasteiger partial charge in [0.25, 0.3) is 5.91 Å². The molecule has 3 aromatic carbocycles. The zero-order chi connectivity index (χ0) is 28.3. The first-order valence-corrected chi connectivity index (χ1v) is 14.1. The molecular weight excluding hydrogens is 502 g/mol. The first-order valence-electron chi connectivity index (χ1n) is 14.1. The normalized spacial score (nSPS) is 15.6. The third kappa shape index (κ3) is 5.99. The summed E-state index contributed by atoms with van der Waals surface area (Å²) in [6, 6.07) is 21.6. The van der Waals surface area contributed by atoms with Crippen LogP contribution in [0.5, 0.6) is 11.5 Å². The molecule has 7 nitrogen and oxygen atoms in total. The van der Waals surface area contributed by atoms with Crippen LogP contribution in [0.25, 0.3) is 0 Å². The lowest BCUT2D eigenvalue weighted by molar-refractivity contribution is 0.0630. The lowest BCUT2D eigenvalue weighted by Crippen LogP contribution is -2.51. The van der Waals surface area contributed by atoms with Crippen molar-refractivity contribution in [2.45, 2.75) is 52.2 Å². The van der Waals surface area contributed by atoms with Crippen molar-refractivity contribution in [2.75, 3.05) is 33.3 Å². The quantitative estimate of drug-likeness (QED) is 0.385. The minimum absolute atomic E-state index is 0.0395. The molecule has 2 amide bonds. The van der Waals surface area contributed by atoms with Crippen LogP contribution in [0.15, 0.2) is 66.7 Å². The SMILES string of the molecule is COc1cc(CCC(C)(C)N2Cc3cccc(C(=O)N4CCN(C(=O)Oc5ccccc5)CC4)c3C2)ccc1C. The monoisotopic (exact) mass is 541 g/mol. The molecule has 7 heteroatoms. The Labute approximate surface area is 237 Å². The molecule has 0 unspecified atom stereocenters. The average Bonchev–Trinajstić information content (AvgIpc) is 3.43. The number of ether oxygens (including phenoxy) is 2. The van der Waals surface area contributed by atoms with Crippen molar-refractivity contribution in [1.29, 1.82) is 0 Å². The van der Waals surface area contributed by atoms with E-state index in [0.29, 0.717) is 31.9 Å². The van der Waals surface area contributed by atoms with Gasteiger partial charge in [0.15, 0.2) is 0 Å². The van der Waals surface area contributed by atoms with Gasteiger partial charge in [-0.05, 0) is 80.1 Å². The number of amides is 2. The van der Waals surface area contributed by atoms with Crippen LogP contribution in [-0.4, -0.2) is 65.5 Å². The van der Waals surface area contributed by atoms with Gasteiger partial charge in [0, 0.05) is 50.4 Å². The first kappa shape index (κ1) is 27.7. The predicted octanol–water partition coefficient (Wildman–Crippen LogP) is 5.69. The fraction of sp³-hybridized carbons (Fsp3) is 0.394. The number of hydrogen-bond acceptors (Lipinski definition) is 5. The van der Waals surface area contributed by atoms with Crippen molar-refractivity contribution in [3.63, 3.8) is 0 Å². The molecule has 0 bridgehead atoms. The lowest BCUT2D eigenvalue weighted by Gasteiger charge is -2.36. The molecule has 210 valence electrons. The van der Waals surface area contributed by atoms with Gasteiger partial charge in [-0.3, -0.25) is 9.69 Å². The van der Waals surface area contributed by atoms with E-state index >= 15 is 0 Å². The zero-order valence-corrected chi connectivity index (χ0v) is 24.0. The number of methoxy groups -OCH3 is 1. The second kappa shape index (κ2) is 11.7. The van der Waals surface area contributed by atoms with Gasteiger partial charge in [-0.15, -0.1) is 0 Å². The summed E-state index contributed by atoms with van der Waals surface area (Å²) in [4.78, 5) is 32.2. The summed E-state index contributed by atoms with van der Waals surface area (Å²) in [5.74, 6) is 1.50. The van der Waals surface area contributed by atoms with Gasteiger partial charge in [0.1, 0.15) is 11.5 Å². The Kier molecular flexibility index (Phi) is 8.12. The van der Waals surface area contributed by atoms with Crippen LogP contribution < -0.4 is 9.47 Å². The molecule has 0 spiro atoms. The van der Waals surface area contributed by atoms with Crippen molar-refractivity contribution in [3.8, 4) is 11.5 Å². The Morgan fingerprint density at radius 2 is 1.60 bits per heavy atom. The maximum atomic E-state index is 13.6. The highest BCUT2D eigenvalue weighted by molar-refractivity contribution is 5.96. The summed E-state index contributed by atoms with van der Waals surface area (Å²) in [5.41, 5.74) is 5.51. The van der Waals surface area contributed by atoms with Gasteiger partial charge >= 0.3 is 6.09 Å². The van der Waals surface area contributed by atoms with E-state index in [2.05, 4.69) is 49.9 Å². The molecular formula is C33H39N3O4. The fourth-order valence-electron chi connectivity index (χ4n) is 5.59. The van der Waals surface area contributed by atoms with Crippen LogP contribution in [0, 0.1) is 6.92 Å². The van der Waals surface area contributed by atoms with E-state index in [-0.39, 0.29) is 17.5 Å². The molecule has 0 saturated carbocycles. The molecule has 40 heavy (non-hydrogen) atoms. The van der Waals surface area contributed by atoms with Gasteiger partial charge in [-0.1, -0.05) is 42.5 Å². The van der Waals surface area contributed by atoms with Gasteiger partial charge in [0.2, 0.25) is 0 Å². The van der Waals surface area contributed by atoms with Crippen LogP contribution in [0.3, 0.4) is 0 Å². The van der Waals surface area contributed by atoms with Crippen molar-refractivity contribution in [3.05, 3.63) is 94.5 Å².